The molecule has 0 heterocycles. The van der Waals surface area contributed by atoms with Crippen molar-refractivity contribution in [3.05, 3.63) is 59.7 Å². The number of nitrogens with zero attached hydrogens (tertiary/aromatic N) is 1. The highest BCUT2D eigenvalue weighted by atomic mass is 16.5. The van der Waals surface area contributed by atoms with Crippen molar-refractivity contribution in [2.24, 2.45) is 11.8 Å². The van der Waals surface area contributed by atoms with Crippen LogP contribution in [0.3, 0.4) is 0 Å². The Kier molecular flexibility index (Phi) is 8.06. The van der Waals surface area contributed by atoms with Crippen molar-refractivity contribution in [2.45, 2.75) is 44.4 Å². The molecule has 0 spiro atoms. The lowest BCUT2D eigenvalue weighted by Crippen LogP contribution is -2.43. The minimum absolute atomic E-state index is 0.0107. The fraction of sp³-hybridized carbons (Fsp3) is 0.464. The summed E-state index contributed by atoms with van der Waals surface area (Å²) in [6.07, 6.45) is 3.72. The molecule has 0 aliphatic heterocycles. The van der Waals surface area contributed by atoms with Gasteiger partial charge in [0.1, 0.15) is 6.61 Å². The molecule has 1 fully saturated rings. The maximum atomic E-state index is 13.0. The van der Waals surface area contributed by atoms with Crippen LogP contribution in [0, 0.1) is 11.8 Å². The van der Waals surface area contributed by atoms with Crippen molar-refractivity contribution < 1.29 is 24.2 Å². The summed E-state index contributed by atoms with van der Waals surface area (Å²) in [6.45, 7) is 1.09. The van der Waals surface area contributed by atoms with E-state index in [1.807, 2.05) is 24.3 Å². The second kappa shape index (κ2) is 11.4. The van der Waals surface area contributed by atoms with Gasteiger partial charge in [-0.15, -0.1) is 0 Å². The Morgan fingerprint density at radius 1 is 1.00 bits per heavy atom. The number of carbonyl (C=O) groups excluding carboxylic acids is 2. The summed E-state index contributed by atoms with van der Waals surface area (Å²) in [5.74, 6) is -0.911. The van der Waals surface area contributed by atoms with E-state index in [-0.39, 0.29) is 36.7 Å². The van der Waals surface area contributed by atoms with Crippen LogP contribution in [0.2, 0.25) is 0 Å². The highest BCUT2D eigenvalue weighted by molar-refractivity contribution is 5.80. The molecule has 2 aromatic carbocycles. The van der Waals surface area contributed by atoms with Gasteiger partial charge < -0.3 is 20.1 Å². The molecule has 2 atom stereocenters. The van der Waals surface area contributed by atoms with Crippen LogP contribution in [-0.2, 0) is 14.3 Å². The number of carboxylic acid groups (broad SMARTS) is 1. The fourth-order valence-corrected chi connectivity index (χ4v) is 5.50. The molecule has 4 rings (SSSR count). The maximum Gasteiger partial charge on any atom is 0.407 e. The van der Waals surface area contributed by atoms with Crippen LogP contribution in [-0.4, -0.2) is 54.7 Å². The molecule has 2 amide bonds. The molecular weight excluding hydrogens is 444 g/mol. The van der Waals surface area contributed by atoms with Gasteiger partial charge in [0.2, 0.25) is 5.91 Å². The van der Waals surface area contributed by atoms with Gasteiger partial charge in [-0.1, -0.05) is 61.4 Å². The minimum Gasteiger partial charge on any atom is -0.481 e. The standard InChI is InChI=1S/C28H34N2O5/c1-30(16-8-15-26(31)32)27(33)20-10-3-2-9-19(20)17-29-28(34)35-18-25-23-13-6-4-11-21(23)22-12-5-7-14-24(22)25/h4-7,11-14,19-20,25H,2-3,8-10,15-18H2,1H3,(H,29,34)(H,31,32)/t19-,20-/m1/s1. The summed E-state index contributed by atoms with van der Waals surface area (Å²) in [6, 6.07) is 16.5. The second-order valence-corrected chi connectivity index (χ2v) is 9.61. The zero-order chi connectivity index (χ0) is 24.8. The Hall–Kier alpha value is -3.35. The van der Waals surface area contributed by atoms with Crippen molar-refractivity contribution >= 4 is 18.0 Å². The predicted molar refractivity (Wildman–Crippen MR) is 133 cm³/mol. The fourth-order valence-electron chi connectivity index (χ4n) is 5.50. The van der Waals surface area contributed by atoms with Gasteiger partial charge in [-0.05, 0) is 47.4 Å². The van der Waals surface area contributed by atoms with Gasteiger partial charge in [0, 0.05) is 38.4 Å². The molecule has 0 saturated heterocycles. The molecule has 7 nitrogen and oxygen atoms in total. The Balaban J connectivity index is 1.30. The molecule has 1 saturated carbocycles. The smallest absolute Gasteiger partial charge is 0.407 e. The van der Waals surface area contributed by atoms with Crippen LogP contribution >= 0.6 is 0 Å². The van der Waals surface area contributed by atoms with Crippen LogP contribution in [0.5, 0.6) is 0 Å². The highest BCUT2D eigenvalue weighted by Gasteiger charge is 2.33. The normalized spacial score (nSPS) is 18.9. The number of hydrogen-bond donors (Lipinski definition) is 2. The van der Waals surface area contributed by atoms with Gasteiger partial charge in [-0.25, -0.2) is 4.79 Å². The zero-order valence-electron chi connectivity index (χ0n) is 20.2. The number of fused-ring (bicyclic) bond motifs is 3. The lowest BCUT2D eigenvalue weighted by molar-refractivity contribution is -0.139. The lowest BCUT2D eigenvalue weighted by atomic mass is 9.78. The third-order valence-corrected chi connectivity index (χ3v) is 7.34. The first-order valence-electron chi connectivity index (χ1n) is 12.5. The maximum absolute atomic E-state index is 13.0. The molecule has 2 aliphatic rings. The number of alkyl carbamates (subject to hydrolysis) is 1. The van der Waals surface area contributed by atoms with E-state index in [0.29, 0.717) is 19.5 Å². The van der Waals surface area contributed by atoms with E-state index >= 15 is 0 Å². The van der Waals surface area contributed by atoms with E-state index in [0.717, 1.165) is 25.7 Å². The van der Waals surface area contributed by atoms with E-state index in [2.05, 4.69) is 29.6 Å². The summed E-state index contributed by atoms with van der Waals surface area (Å²) in [5, 5.41) is 11.7. The number of amides is 2. The summed E-state index contributed by atoms with van der Waals surface area (Å²) in [5.41, 5.74) is 4.72. The average Bonchev–Trinajstić information content (AvgIpc) is 3.19. The van der Waals surface area contributed by atoms with Crippen LogP contribution in [0.25, 0.3) is 11.1 Å². The molecule has 7 heteroatoms. The summed E-state index contributed by atoms with van der Waals surface area (Å²) in [4.78, 5) is 38.0. The van der Waals surface area contributed by atoms with Gasteiger partial charge >= 0.3 is 12.1 Å². The minimum atomic E-state index is -0.853. The molecule has 0 bridgehead atoms. The molecule has 0 radical (unpaired) electrons. The number of hydrogen-bond acceptors (Lipinski definition) is 4. The van der Waals surface area contributed by atoms with E-state index < -0.39 is 12.1 Å². The number of benzene rings is 2. The summed E-state index contributed by atoms with van der Waals surface area (Å²) < 4.78 is 5.65. The zero-order valence-corrected chi connectivity index (χ0v) is 20.2. The van der Waals surface area contributed by atoms with Gasteiger partial charge in [0.05, 0.1) is 0 Å². The van der Waals surface area contributed by atoms with Crippen molar-refractivity contribution in [1.29, 1.82) is 0 Å². The molecule has 2 aromatic rings. The number of carbonyl (C=O) groups is 3. The van der Waals surface area contributed by atoms with Crippen LogP contribution in [0.4, 0.5) is 4.79 Å². The number of nitrogens with one attached hydrogen (secondary N) is 1. The topological polar surface area (TPSA) is 95.9 Å². The number of ether oxygens (including phenoxy) is 1. The van der Waals surface area contributed by atoms with E-state index in [1.165, 1.54) is 22.3 Å². The van der Waals surface area contributed by atoms with Crippen LogP contribution in [0.1, 0.15) is 55.6 Å². The summed E-state index contributed by atoms with van der Waals surface area (Å²) in [7, 11) is 1.73. The predicted octanol–water partition coefficient (Wildman–Crippen LogP) is 4.65. The number of aliphatic carboxylic acids is 1. The number of rotatable bonds is 9. The third kappa shape index (κ3) is 5.84. The molecular formula is C28H34N2O5. The van der Waals surface area contributed by atoms with Crippen molar-refractivity contribution in [3.63, 3.8) is 0 Å². The molecule has 0 aromatic heterocycles. The van der Waals surface area contributed by atoms with E-state index in [9.17, 15) is 14.4 Å². The van der Waals surface area contributed by atoms with Crippen molar-refractivity contribution in [1.82, 2.24) is 10.2 Å². The molecule has 0 unspecified atom stereocenters. The SMILES string of the molecule is CN(CCCC(=O)O)C(=O)[C@@H]1CCCC[C@@H]1CNC(=O)OCC1c2ccccc2-c2ccccc21. The van der Waals surface area contributed by atoms with E-state index in [1.54, 1.807) is 11.9 Å². The number of carboxylic acids is 1. The van der Waals surface area contributed by atoms with Gasteiger partial charge in [0.15, 0.2) is 0 Å². The van der Waals surface area contributed by atoms with Crippen molar-refractivity contribution in [2.75, 3.05) is 26.7 Å². The van der Waals surface area contributed by atoms with Crippen LogP contribution in [0.15, 0.2) is 48.5 Å². The first-order valence-corrected chi connectivity index (χ1v) is 12.5. The highest BCUT2D eigenvalue weighted by Crippen LogP contribution is 2.44. The van der Waals surface area contributed by atoms with Crippen LogP contribution < -0.4 is 5.32 Å². The third-order valence-electron chi connectivity index (χ3n) is 7.34. The summed E-state index contributed by atoms with van der Waals surface area (Å²) >= 11 is 0. The second-order valence-electron chi connectivity index (χ2n) is 9.61. The largest absolute Gasteiger partial charge is 0.481 e. The first-order chi connectivity index (χ1) is 17.0. The Morgan fingerprint density at radius 3 is 2.29 bits per heavy atom. The molecule has 2 aliphatic carbocycles. The van der Waals surface area contributed by atoms with Gasteiger partial charge in [-0.2, -0.15) is 0 Å². The Morgan fingerprint density at radius 2 is 1.63 bits per heavy atom. The molecule has 35 heavy (non-hydrogen) atoms. The monoisotopic (exact) mass is 478 g/mol. The lowest BCUT2D eigenvalue weighted by Gasteiger charge is -2.33. The van der Waals surface area contributed by atoms with Gasteiger partial charge in [-0.3, -0.25) is 9.59 Å². The molecule has 2 N–H and O–H groups in total. The first kappa shape index (κ1) is 24.8. The Bertz CT molecular complexity index is 1020. The van der Waals surface area contributed by atoms with E-state index in [4.69, 9.17) is 9.84 Å². The van der Waals surface area contributed by atoms with Gasteiger partial charge in [0.25, 0.3) is 0 Å². The van der Waals surface area contributed by atoms with Crippen molar-refractivity contribution in [3.8, 4) is 11.1 Å². The molecule has 186 valence electrons. The average molecular weight is 479 g/mol. The quantitative estimate of drug-likeness (QED) is 0.547. The Labute approximate surface area is 206 Å².